The molecule has 0 saturated heterocycles. The van der Waals surface area contributed by atoms with Crippen LogP contribution in [-0.2, 0) is 7.05 Å². The number of halogens is 2. The molecule has 0 aliphatic rings. The van der Waals surface area contributed by atoms with E-state index in [9.17, 15) is 9.18 Å². The van der Waals surface area contributed by atoms with Gasteiger partial charge in [-0.2, -0.15) is 5.10 Å². The molecule has 5 nitrogen and oxygen atoms in total. The quantitative estimate of drug-likeness (QED) is 0.761. The number of nitrogens with zero attached hydrogens (tertiary/aromatic N) is 2. The van der Waals surface area contributed by atoms with Crippen LogP contribution < -0.4 is 10.1 Å². The van der Waals surface area contributed by atoms with Crippen LogP contribution in [0, 0.1) is 5.82 Å². The maximum absolute atomic E-state index is 14.2. The topological polar surface area (TPSA) is 56.1 Å². The van der Waals surface area contributed by atoms with Crippen molar-refractivity contribution in [3.8, 4) is 17.0 Å². The molecule has 2 aromatic carbocycles. The summed E-state index contributed by atoms with van der Waals surface area (Å²) in [6, 6.07) is 12.8. The summed E-state index contributed by atoms with van der Waals surface area (Å²) >= 11 is 5.91. The number of aryl methyl sites for hydroxylation is 1. The molecule has 3 rings (SSSR count). The number of carbonyl (C=O) groups excluding carboxylic acids is 1. The van der Waals surface area contributed by atoms with E-state index in [1.807, 2.05) is 0 Å². The van der Waals surface area contributed by atoms with Crippen LogP contribution in [0.3, 0.4) is 0 Å². The van der Waals surface area contributed by atoms with E-state index in [2.05, 4.69) is 10.4 Å². The zero-order chi connectivity index (χ0) is 18.0. The number of rotatable bonds is 4. The molecule has 0 bridgehead atoms. The second-order valence-electron chi connectivity index (χ2n) is 5.35. The Bertz CT molecular complexity index is 940. The summed E-state index contributed by atoms with van der Waals surface area (Å²) < 4.78 is 20.6. The molecule has 0 atom stereocenters. The lowest BCUT2D eigenvalue weighted by molar-refractivity contribution is 0.101. The Morgan fingerprint density at radius 2 is 2.04 bits per heavy atom. The first-order valence-corrected chi connectivity index (χ1v) is 7.80. The van der Waals surface area contributed by atoms with Crippen molar-refractivity contribution in [2.24, 2.45) is 7.05 Å². The molecule has 128 valence electrons. The molecule has 0 spiro atoms. The predicted octanol–water partition coefficient (Wildman–Crippen LogP) is 4.14. The first-order valence-electron chi connectivity index (χ1n) is 7.43. The molecule has 1 aromatic heterocycles. The molecule has 1 N–H and O–H groups in total. The van der Waals surface area contributed by atoms with Gasteiger partial charge in [-0.25, -0.2) is 4.39 Å². The number of amides is 1. The Morgan fingerprint density at radius 1 is 1.24 bits per heavy atom. The smallest absolute Gasteiger partial charge is 0.273 e. The van der Waals surface area contributed by atoms with Gasteiger partial charge in [0.25, 0.3) is 5.91 Å². The molecule has 0 aliphatic carbocycles. The molecule has 3 aromatic rings. The van der Waals surface area contributed by atoms with E-state index < -0.39 is 5.82 Å². The molecule has 25 heavy (non-hydrogen) atoms. The van der Waals surface area contributed by atoms with Gasteiger partial charge in [0.05, 0.1) is 12.8 Å². The van der Waals surface area contributed by atoms with Crippen molar-refractivity contribution in [1.82, 2.24) is 9.78 Å². The van der Waals surface area contributed by atoms with Crippen LogP contribution in [0.1, 0.15) is 10.5 Å². The highest BCUT2D eigenvalue weighted by atomic mass is 35.5. The number of ether oxygens (including phenoxy) is 1. The number of methoxy groups -OCH3 is 1. The minimum atomic E-state index is -0.473. The lowest BCUT2D eigenvalue weighted by Gasteiger charge is -2.05. The number of hydrogen-bond acceptors (Lipinski definition) is 3. The van der Waals surface area contributed by atoms with Crippen molar-refractivity contribution in [2.45, 2.75) is 0 Å². The minimum Gasteiger partial charge on any atom is -0.497 e. The van der Waals surface area contributed by atoms with Gasteiger partial charge in [0.2, 0.25) is 0 Å². The van der Waals surface area contributed by atoms with E-state index in [0.29, 0.717) is 33.4 Å². The monoisotopic (exact) mass is 359 g/mol. The second-order valence-corrected chi connectivity index (χ2v) is 5.79. The number of carbonyl (C=O) groups is 1. The third-order valence-electron chi connectivity index (χ3n) is 3.65. The standard InChI is InChI=1S/C18H15ClFN3O2/c1-23-17(18(24)21-12-5-3-4-11(19)8-12)10-16(22-23)14-7-6-13(25-2)9-15(14)20/h3-10H,1-2H3,(H,21,24). The Hall–Kier alpha value is -2.86. The third kappa shape index (κ3) is 3.64. The normalized spacial score (nSPS) is 10.6. The Morgan fingerprint density at radius 3 is 2.72 bits per heavy atom. The fourth-order valence-electron chi connectivity index (χ4n) is 2.40. The number of anilines is 1. The summed E-state index contributed by atoms with van der Waals surface area (Å²) in [5, 5.41) is 7.48. The number of benzene rings is 2. The summed E-state index contributed by atoms with van der Waals surface area (Å²) in [6.45, 7) is 0. The Balaban J connectivity index is 1.88. The molecule has 0 saturated carbocycles. The molecular weight excluding hydrogens is 345 g/mol. The summed E-state index contributed by atoms with van der Waals surface area (Å²) in [5.41, 5.74) is 1.51. The zero-order valence-electron chi connectivity index (χ0n) is 13.6. The van der Waals surface area contributed by atoms with Gasteiger partial charge < -0.3 is 10.1 Å². The molecule has 0 aliphatic heterocycles. The average Bonchev–Trinajstić information content (AvgIpc) is 2.96. The van der Waals surface area contributed by atoms with Crippen molar-refractivity contribution in [2.75, 3.05) is 12.4 Å². The summed E-state index contributed by atoms with van der Waals surface area (Å²) in [6.07, 6.45) is 0. The van der Waals surface area contributed by atoms with Gasteiger partial charge in [0, 0.05) is 29.4 Å². The number of aromatic nitrogens is 2. The van der Waals surface area contributed by atoms with Crippen LogP contribution in [-0.4, -0.2) is 22.8 Å². The molecular formula is C18H15ClFN3O2. The van der Waals surface area contributed by atoms with Crippen LogP contribution in [0.15, 0.2) is 48.5 Å². The van der Waals surface area contributed by atoms with Crippen molar-refractivity contribution in [1.29, 1.82) is 0 Å². The van der Waals surface area contributed by atoms with Crippen LogP contribution in [0.2, 0.25) is 5.02 Å². The first-order chi connectivity index (χ1) is 12.0. The van der Waals surface area contributed by atoms with Crippen LogP contribution in [0.25, 0.3) is 11.3 Å². The lowest BCUT2D eigenvalue weighted by atomic mass is 10.1. The predicted molar refractivity (Wildman–Crippen MR) is 94.6 cm³/mol. The average molecular weight is 360 g/mol. The maximum Gasteiger partial charge on any atom is 0.273 e. The van der Waals surface area contributed by atoms with Crippen molar-refractivity contribution >= 4 is 23.2 Å². The molecule has 7 heteroatoms. The molecule has 1 heterocycles. The van der Waals surface area contributed by atoms with Crippen molar-refractivity contribution in [3.05, 3.63) is 65.1 Å². The third-order valence-corrected chi connectivity index (χ3v) is 3.88. The highest BCUT2D eigenvalue weighted by molar-refractivity contribution is 6.30. The number of nitrogens with one attached hydrogen (secondary N) is 1. The van der Waals surface area contributed by atoms with Crippen LogP contribution in [0.4, 0.5) is 10.1 Å². The first kappa shape index (κ1) is 17.0. The van der Waals surface area contributed by atoms with E-state index in [-0.39, 0.29) is 5.91 Å². The van der Waals surface area contributed by atoms with Crippen LogP contribution in [0.5, 0.6) is 5.75 Å². The van der Waals surface area contributed by atoms with Gasteiger partial charge in [0.15, 0.2) is 0 Å². The summed E-state index contributed by atoms with van der Waals surface area (Å²) in [7, 11) is 3.09. The van der Waals surface area contributed by atoms with E-state index in [1.54, 1.807) is 43.4 Å². The van der Waals surface area contributed by atoms with Gasteiger partial charge in [-0.15, -0.1) is 0 Å². The van der Waals surface area contributed by atoms with E-state index in [1.165, 1.54) is 23.9 Å². The second kappa shape index (κ2) is 6.94. The Labute approximate surface area is 149 Å². The highest BCUT2D eigenvalue weighted by Crippen LogP contribution is 2.26. The van der Waals surface area contributed by atoms with Crippen molar-refractivity contribution in [3.63, 3.8) is 0 Å². The van der Waals surface area contributed by atoms with Crippen molar-refractivity contribution < 1.29 is 13.9 Å². The van der Waals surface area contributed by atoms with Crippen LogP contribution >= 0.6 is 11.6 Å². The Kier molecular flexibility index (Phi) is 4.72. The number of hydrogen-bond donors (Lipinski definition) is 1. The maximum atomic E-state index is 14.2. The van der Waals surface area contributed by atoms with Gasteiger partial charge in [-0.3, -0.25) is 9.48 Å². The van der Waals surface area contributed by atoms with Gasteiger partial charge in [-0.1, -0.05) is 17.7 Å². The fraction of sp³-hybridized carbons (Fsp3) is 0.111. The zero-order valence-corrected chi connectivity index (χ0v) is 14.3. The molecule has 0 radical (unpaired) electrons. The minimum absolute atomic E-state index is 0.290. The summed E-state index contributed by atoms with van der Waals surface area (Å²) in [4.78, 5) is 12.4. The van der Waals surface area contributed by atoms with Gasteiger partial charge in [-0.05, 0) is 36.4 Å². The fourth-order valence-corrected chi connectivity index (χ4v) is 2.59. The van der Waals surface area contributed by atoms with E-state index in [0.717, 1.165) is 0 Å². The lowest BCUT2D eigenvalue weighted by Crippen LogP contribution is -2.15. The van der Waals surface area contributed by atoms with E-state index >= 15 is 0 Å². The largest absolute Gasteiger partial charge is 0.497 e. The SMILES string of the molecule is COc1ccc(-c2cc(C(=O)Nc3cccc(Cl)c3)n(C)n2)c(F)c1. The molecule has 0 unspecified atom stereocenters. The molecule has 0 fully saturated rings. The summed E-state index contributed by atoms with van der Waals surface area (Å²) in [5.74, 6) is -0.423. The van der Waals surface area contributed by atoms with E-state index in [4.69, 9.17) is 16.3 Å². The molecule has 1 amide bonds. The highest BCUT2D eigenvalue weighted by Gasteiger charge is 2.17. The van der Waals surface area contributed by atoms with Gasteiger partial charge >= 0.3 is 0 Å². The van der Waals surface area contributed by atoms with Gasteiger partial charge in [0.1, 0.15) is 17.3 Å².